The van der Waals surface area contributed by atoms with Crippen LogP contribution < -0.4 is 10.6 Å². The molecule has 0 atom stereocenters. The Morgan fingerprint density at radius 2 is 1.72 bits per heavy atom. The first-order valence-corrected chi connectivity index (χ1v) is 8.22. The molecule has 0 fully saturated rings. The van der Waals surface area contributed by atoms with Crippen LogP contribution in [0.4, 0.5) is 4.39 Å². The van der Waals surface area contributed by atoms with E-state index in [-0.39, 0.29) is 11.3 Å². The Balaban J connectivity index is 2.24. The molecular formula is C20H21FN2O2. The maximum atomic E-state index is 13.9. The van der Waals surface area contributed by atoms with Crippen LogP contribution in [0.5, 0.6) is 0 Å². The number of benzene rings is 2. The molecule has 0 aliphatic rings. The molecule has 0 heterocycles. The third-order valence-electron chi connectivity index (χ3n) is 3.55. The molecule has 130 valence electrons. The van der Waals surface area contributed by atoms with Crippen molar-refractivity contribution in [1.29, 1.82) is 0 Å². The van der Waals surface area contributed by atoms with E-state index in [4.69, 9.17) is 0 Å². The molecule has 0 aromatic heterocycles. The van der Waals surface area contributed by atoms with Gasteiger partial charge >= 0.3 is 0 Å². The van der Waals surface area contributed by atoms with Gasteiger partial charge in [-0.25, -0.2) is 4.39 Å². The summed E-state index contributed by atoms with van der Waals surface area (Å²) in [7, 11) is 0. The van der Waals surface area contributed by atoms with Crippen molar-refractivity contribution < 1.29 is 14.0 Å². The van der Waals surface area contributed by atoms with Gasteiger partial charge in [0, 0.05) is 17.7 Å². The van der Waals surface area contributed by atoms with E-state index in [0.29, 0.717) is 12.1 Å². The Labute approximate surface area is 146 Å². The number of unbranched alkanes of at least 4 members (excludes halogenated alkanes) is 1. The summed E-state index contributed by atoms with van der Waals surface area (Å²) in [5.74, 6) is -1.33. The molecule has 2 aromatic rings. The lowest BCUT2D eigenvalue weighted by molar-refractivity contribution is -0.117. The lowest BCUT2D eigenvalue weighted by Crippen LogP contribution is -2.35. The predicted octanol–water partition coefficient (Wildman–Crippen LogP) is 3.51. The van der Waals surface area contributed by atoms with E-state index in [1.807, 2.05) is 6.92 Å². The Hall–Kier alpha value is -2.95. The summed E-state index contributed by atoms with van der Waals surface area (Å²) in [5, 5.41) is 5.31. The molecule has 5 heteroatoms. The average Bonchev–Trinajstić information content (AvgIpc) is 2.63. The van der Waals surface area contributed by atoms with Gasteiger partial charge in [0.25, 0.3) is 11.8 Å². The van der Waals surface area contributed by atoms with Gasteiger partial charge in [0.05, 0.1) is 0 Å². The minimum Gasteiger partial charge on any atom is -0.351 e. The second kappa shape index (κ2) is 9.37. The number of carbonyl (C=O) groups is 2. The van der Waals surface area contributed by atoms with Crippen LogP contribution in [0.3, 0.4) is 0 Å². The van der Waals surface area contributed by atoms with Crippen LogP contribution in [0, 0.1) is 5.82 Å². The van der Waals surface area contributed by atoms with Gasteiger partial charge in [0.1, 0.15) is 11.5 Å². The van der Waals surface area contributed by atoms with E-state index < -0.39 is 17.6 Å². The maximum absolute atomic E-state index is 13.9. The Kier molecular flexibility index (Phi) is 6.89. The Morgan fingerprint density at radius 3 is 2.40 bits per heavy atom. The van der Waals surface area contributed by atoms with Crippen LogP contribution in [-0.2, 0) is 4.79 Å². The van der Waals surface area contributed by atoms with Crippen LogP contribution in [0.15, 0.2) is 60.3 Å². The van der Waals surface area contributed by atoms with E-state index in [0.717, 1.165) is 12.8 Å². The molecule has 0 unspecified atom stereocenters. The summed E-state index contributed by atoms with van der Waals surface area (Å²) < 4.78 is 13.9. The fourth-order valence-electron chi connectivity index (χ4n) is 2.16. The Bertz CT molecular complexity index is 757. The molecule has 0 aliphatic carbocycles. The zero-order chi connectivity index (χ0) is 18.1. The van der Waals surface area contributed by atoms with Crippen molar-refractivity contribution >= 4 is 17.9 Å². The number of hydrogen-bond acceptors (Lipinski definition) is 2. The highest BCUT2D eigenvalue weighted by Crippen LogP contribution is 2.11. The van der Waals surface area contributed by atoms with Gasteiger partial charge in [-0.2, -0.15) is 0 Å². The average molecular weight is 340 g/mol. The standard InChI is InChI=1S/C20H21FN2O2/c1-2-3-13-22-20(25)18(14-16-11-7-8-12-17(16)21)23-19(24)15-9-5-4-6-10-15/h4-12,14H,2-3,13H2,1H3,(H,22,25)(H,23,24)/b18-14-. The zero-order valence-corrected chi connectivity index (χ0v) is 14.1. The van der Waals surface area contributed by atoms with Crippen molar-refractivity contribution in [2.75, 3.05) is 6.54 Å². The zero-order valence-electron chi connectivity index (χ0n) is 14.1. The first-order valence-electron chi connectivity index (χ1n) is 8.22. The molecule has 2 amide bonds. The number of carbonyl (C=O) groups excluding carboxylic acids is 2. The van der Waals surface area contributed by atoms with Gasteiger partial charge in [0.2, 0.25) is 0 Å². The molecule has 2 N–H and O–H groups in total. The molecule has 0 bridgehead atoms. The summed E-state index contributed by atoms with van der Waals surface area (Å²) >= 11 is 0. The molecule has 4 nitrogen and oxygen atoms in total. The number of halogens is 1. The summed E-state index contributed by atoms with van der Waals surface area (Å²) in [4.78, 5) is 24.7. The molecule has 2 rings (SSSR count). The number of amides is 2. The first-order chi connectivity index (χ1) is 12.1. The van der Waals surface area contributed by atoms with E-state index in [9.17, 15) is 14.0 Å². The quantitative estimate of drug-likeness (QED) is 0.598. The van der Waals surface area contributed by atoms with Gasteiger partial charge in [0.15, 0.2) is 0 Å². The maximum Gasteiger partial charge on any atom is 0.267 e. The lowest BCUT2D eigenvalue weighted by Gasteiger charge is -2.11. The number of hydrogen-bond donors (Lipinski definition) is 2. The smallest absolute Gasteiger partial charge is 0.267 e. The van der Waals surface area contributed by atoms with Crippen molar-refractivity contribution in [3.05, 3.63) is 77.2 Å². The van der Waals surface area contributed by atoms with Crippen LogP contribution in [-0.4, -0.2) is 18.4 Å². The largest absolute Gasteiger partial charge is 0.351 e. The van der Waals surface area contributed by atoms with Crippen LogP contribution in [0.1, 0.15) is 35.7 Å². The van der Waals surface area contributed by atoms with E-state index >= 15 is 0 Å². The van der Waals surface area contributed by atoms with E-state index in [1.165, 1.54) is 12.1 Å². The fraction of sp³-hybridized carbons (Fsp3) is 0.200. The van der Waals surface area contributed by atoms with Crippen molar-refractivity contribution in [3.63, 3.8) is 0 Å². The van der Waals surface area contributed by atoms with Gasteiger partial charge < -0.3 is 10.6 Å². The monoisotopic (exact) mass is 340 g/mol. The molecule has 0 saturated carbocycles. The second-order valence-electron chi connectivity index (χ2n) is 5.51. The normalized spacial score (nSPS) is 11.0. The highest BCUT2D eigenvalue weighted by Gasteiger charge is 2.15. The van der Waals surface area contributed by atoms with Gasteiger partial charge in [-0.15, -0.1) is 0 Å². The third-order valence-corrected chi connectivity index (χ3v) is 3.55. The molecule has 2 aromatic carbocycles. The highest BCUT2D eigenvalue weighted by atomic mass is 19.1. The van der Waals surface area contributed by atoms with Gasteiger partial charge in [-0.05, 0) is 30.7 Å². The van der Waals surface area contributed by atoms with Crippen molar-refractivity contribution in [2.45, 2.75) is 19.8 Å². The van der Waals surface area contributed by atoms with Crippen molar-refractivity contribution in [3.8, 4) is 0 Å². The van der Waals surface area contributed by atoms with Crippen molar-refractivity contribution in [2.24, 2.45) is 0 Å². The molecule has 0 saturated heterocycles. The van der Waals surface area contributed by atoms with Crippen LogP contribution in [0.2, 0.25) is 0 Å². The minimum absolute atomic E-state index is 0.00931. The van der Waals surface area contributed by atoms with E-state index in [2.05, 4.69) is 10.6 Å². The summed E-state index contributed by atoms with van der Waals surface area (Å²) in [5.41, 5.74) is 0.662. The predicted molar refractivity (Wildman–Crippen MR) is 96.2 cm³/mol. The second-order valence-corrected chi connectivity index (χ2v) is 5.51. The number of nitrogens with one attached hydrogen (secondary N) is 2. The summed E-state index contributed by atoms with van der Waals surface area (Å²) in [6.07, 6.45) is 3.10. The van der Waals surface area contributed by atoms with E-state index in [1.54, 1.807) is 48.5 Å². The fourth-order valence-corrected chi connectivity index (χ4v) is 2.16. The summed E-state index contributed by atoms with van der Waals surface area (Å²) in [6, 6.07) is 14.6. The molecule has 0 aliphatic heterocycles. The molecular weight excluding hydrogens is 319 g/mol. The highest BCUT2D eigenvalue weighted by molar-refractivity contribution is 6.05. The van der Waals surface area contributed by atoms with Gasteiger partial charge in [-0.1, -0.05) is 49.7 Å². The molecule has 0 radical (unpaired) electrons. The summed E-state index contributed by atoms with van der Waals surface area (Å²) in [6.45, 7) is 2.50. The molecule has 25 heavy (non-hydrogen) atoms. The van der Waals surface area contributed by atoms with Crippen LogP contribution in [0.25, 0.3) is 6.08 Å². The number of rotatable bonds is 7. The van der Waals surface area contributed by atoms with Crippen LogP contribution >= 0.6 is 0 Å². The first kappa shape index (κ1) is 18.4. The molecule has 0 spiro atoms. The van der Waals surface area contributed by atoms with Gasteiger partial charge in [-0.3, -0.25) is 9.59 Å². The van der Waals surface area contributed by atoms with Crippen molar-refractivity contribution in [1.82, 2.24) is 10.6 Å². The Morgan fingerprint density at radius 1 is 1.04 bits per heavy atom. The minimum atomic E-state index is -0.463. The third kappa shape index (κ3) is 5.57. The lowest BCUT2D eigenvalue weighted by atomic mass is 10.1. The topological polar surface area (TPSA) is 58.2 Å². The SMILES string of the molecule is CCCCNC(=O)/C(=C/c1ccccc1F)NC(=O)c1ccccc1.